The first kappa shape index (κ1) is 13.6. The lowest BCUT2D eigenvalue weighted by molar-refractivity contribution is 0.417. The van der Waals surface area contributed by atoms with Gasteiger partial charge in [-0.15, -0.1) is 11.3 Å². The zero-order chi connectivity index (χ0) is 14.7. The van der Waals surface area contributed by atoms with Crippen LogP contribution in [0.3, 0.4) is 0 Å². The van der Waals surface area contributed by atoms with Gasteiger partial charge in [0.15, 0.2) is 0 Å². The number of rotatable bonds is 4. The molecule has 2 aromatic heterocycles. The molecule has 106 valence electrons. The normalized spacial score (nSPS) is 10.5. The molecule has 21 heavy (non-hydrogen) atoms. The highest BCUT2D eigenvalue weighted by Gasteiger charge is 2.07. The zero-order valence-electron chi connectivity index (χ0n) is 11.6. The van der Waals surface area contributed by atoms with Crippen molar-refractivity contribution in [2.24, 2.45) is 0 Å². The van der Waals surface area contributed by atoms with Gasteiger partial charge in [0.1, 0.15) is 5.75 Å². The molecule has 0 aliphatic heterocycles. The Labute approximate surface area is 127 Å². The topological polar surface area (TPSA) is 61.0 Å². The molecule has 0 aliphatic carbocycles. The molecule has 0 fully saturated rings. The predicted molar refractivity (Wildman–Crippen MR) is 85.6 cm³/mol. The summed E-state index contributed by atoms with van der Waals surface area (Å²) >= 11 is 1.64. The number of benzene rings is 1. The van der Waals surface area contributed by atoms with Crippen LogP contribution in [0.2, 0.25) is 0 Å². The predicted octanol–water partition coefficient (Wildman–Crippen LogP) is 3.39. The number of thiazole rings is 1. The largest absolute Gasteiger partial charge is 0.495 e. The summed E-state index contributed by atoms with van der Waals surface area (Å²) in [6.07, 6.45) is 4.35. The monoisotopic (exact) mass is 297 g/mol. The molecule has 0 amide bonds. The van der Waals surface area contributed by atoms with Gasteiger partial charge in [0.2, 0.25) is 0 Å². The molecule has 0 radical (unpaired) electrons. The van der Waals surface area contributed by atoms with Crippen LogP contribution in [-0.4, -0.2) is 17.1 Å². The highest BCUT2D eigenvalue weighted by molar-refractivity contribution is 7.10. The van der Waals surface area contributed by atoms with Gasteiger partial charge >= 0.3 is 0 Å². The minimum Gasteiger partial charge on any atom is -0.495 e. The summed E-state index contributed by atoms with van der Waals surface area (Å²) in [4.78, 5) is 8.77. The Balaban J connectivity index is 1.80. The number of hydrogen-bond donors (Lipinski definition) is 1. The molecule has 1 aromatic carbocycles. The van der Waals surface area contributed by atoms with E-state index in [1.165, 1.54) is 0 Å². The Bertz CT molecular complexity index is 740. The minimum atomic E-state index is 0.652. The van der Waals surface area contributed by atoms with E-state index in [-0.39, 0.29) is 0 Å². The number of aromatic nitrogens is 2. The highest BCUT2D eigenvalue weighted by Crippen LogP contribution is 2.26. The van der Waals surface area contributed by atoms with E-state index in [1.807, 2.05) is 36.5 Å². The molecule has 0 aliphatic rings. The number of methoxy groups -OCH3 is 1. The number of pyridine rings is 1. The second-order valence-corrected chi connectivity index (χ2v) is 5.56. The highest BCUT2D eigenvalue weighted by atomic mass is 32.1. The van der Waals surface area contributed by atoms with Crippen molar-refractivity contribution in [3.63, 3.8) is 0 Å². The molecular formula is C16H15N3OS. The summed E-state index contributed by atoms with van der Waals surface area (Å²) < 4.78 is 5.17. The van der Waals surface area contributed by atoms with Crippen molar-refractivity contribution in [2.75, 3.05) is 12.8 Å². The van der Waals surface area contributed by atoms with Crippen LogP contribution < -0.4 is 10.5 Å². The van der Waals surface area contributed by atoms with Crippen LogP contribution in [0.15, 0.2) is 48.1 Å². The van der Waals surface area contributed by atoms with E-state index in [4.69, 9.17) is 10.5 Å². The molecule has 0 atom stereocenters. The Morgan fingerprint density at radius 3 is 2.90 bits per heavy atom. The smallest absolute Gasteiger partial charge is 0.141 e. The Morgan fingerprint density at radius 2 is 2.19 bits per heavy atom. The third-order valence-electron chi connectivity index (χ3n) is 3.16. The van der Waals surface area contributed by atoms with Crippen molar-refractivity contribution in [1.82, 2.24) is 9.97 Å². The van der Waals surface area contributed by atoms with Gasteiger partial charge in [-0.3, -0.25) is 4.98 Å². The molecule has 0 bridgehead atoms. The van der Waals surface area contributed by atoms with E-state index < -0.39 is 0 Å². The first-order valence-electron chi connectivity index (χ1n) is 6.53. The van der Waals surface area contributed by atoms with Crippen molar-refractivity contribution < 1.29 is 4.74 Å². The van der Waals surface area contributed by atoms with Crippen LogP contribution in [0.25, 0.3) is 11.3 Å². The molecular weight excluding hydrogens is 282 g/mol. The van der Waals surface area contributed by atoms with E-state index in [0.29, 0.717) is 11.4 Å². The van der Waals surface area contributed by atoms with Gasteiger partial charge in [-0.2, -0.15) is 0 Å². The molecule has 5 heteroatoms. The second kappa shape index (κ2) is 5.93. The molecule has 4 nitrogen and oxygen atoms in total. The third-order valence-corrected chi connectivity index (χ3v) is 4.01. The number of hydrogen-bond acceptors (Lipinski definition) is 5. The number of ether oxygens (including phenoxy) is 1. The van der Waals surface area contributed by atoms with Crippen molar-refractivity contribution in [2.45, 2.75) is 6.42 Å². The molecule has 2 heterocycles. The van der Waals surface area contributed by atoms with Crippen molar-refractivity contribution in [1.29, 1.82) is 0 Å². The molecule has 2 N–H and O–H groups in total. The van der Waals surface area contributed by atoms with Crippen LogP contribution in [-0.2, 0) is 6.42 Å². The zero-order valence-corrected chi connectivity index (χ0v) is 12.4. The standard InChI is InChI=1S/C16H15N3OS/c1-20-15-5-4-11(7-13(15)17)8-16-19-14(10-21-16)12-3-2-6-18-9-12/h2-7,9-10H,8,17H2,1H3. The fourth-order valence-electron chi connectivity index (χ4n) is 2.11. The Hall–Kier alpha value is -2.40. The van der Waals surface area contributed by atoms with Gasteiger partial charge in [-0.05, 0) is 29.8 Å². The fraction of sp³-hybridized carbons (Fsp3) is 0.125. The Kier molecular flexibility index (Phi) is 3.83. The van der Waals surface area contributed by atoms with Crippen molar-refractivity contribution >= 4 is 17.0 Å². The lowest BCUT2D eigenvalue weighted by atomic mass is 10.1. The van der Waals surface area contributed by atoms with E-state index in [0.717, 1.165) is 28.2 Å². The molecule has 3 aromatic rings. The van der Waals surface area contributed by atoms with Crippen LogP contribution in [0, 0.1) is 0 Å². The maximum absolute atomic E-state index is 5.93. The first-order valence-corrected chi connectivity index (χ1v) is 7.41. The summed E-state index contributed by atoms with van der Waals surface area (Å²) in [5.74, 6) is 0.703. The summed E-state index contributed by atoms with van der Waals surface area (Å²) in [5.41, 5.74) is 9.71. The molecule has 3 rings (SSSR count). The summed E-state index contributed by atoms with van der Waals surface area (Å²) in [7, 11) is 1.62. The quantitative estimate of drug-likeness (QED) is 0.750. The van der Waals surface area contributed by atoms with E-state index >= 15 is 0 Å². The van der Waals surface area contributed by atoms with Crippen molar-refractivity contribution in [3.8, 4) is 17.0 Å². The third kappa shape index (κ3) is 3.03. The fourth-order valence-corrected chi connectivity index (χ4v) is 2.94. The van der Waals surface area contributed by atoms with E-state index in [1.54, 1.807) is 24.6 Å². The van der Waals surface area contributed by atoms with Gasteiger partial charge in [-0.1, -0.05) is 6.07 Å². The second-order valence-electron chi connectivity index (χ2n) is 4.62. The van der Waals surface area contributed by atoms with Gasteiger partial charge in [0.25, 0.3) is 0 Å². The van der Waals surface area contributed by atoms with Crippen molar-refractivity contribution in [3.05, 3.63) is 58.7 Å². The lowest BCUT2D eigenvalue weighted by Gasteiger charge is -2.06. The summed E-state index contributed by atoms with van der Waals surface area (Å²) in [6, 6.07) is 9.76. The maximum atomic E-state index is 5.93. The van der Waals surface area contributed by atoms with Gasteiger partial charge in [0, 0.05) is 29.8 Å². The molecule has 0 spiro atoms. The van der Waals surface area contributed by atoms with E-state index in [9.17, 15) is 0 Å². The molecule has 0 saturated heterocycles. The van der Waals surface area contributed by atoms with Crippen LogP contribution >= 0.6 is 11.3 Å². The van der Waals surface area contributed by atoms with Gasteiger partial charge in [0.05, 0.1) is 23.5 Å². The lowest BCUT2D eigenvalue weighted by Crippen LogP contribution is -1.95. The van der Waals surface area contributed by atoms with E-state index in [2.05, 4.69) is 15.3 Å². The van der Waals surface area contributed by atoms with Crippen LogP contribution in [0.1, 0.15) is 10.6 Å². The SMILES string of the molecule is COc1ccc(Cc2nc(-c3cccnc3)cs2)cc1N. The van der Waals surface area contributed by atoms with Crippen LogP contribution in [0.4, 0.5) is 5.69 Å². The number of nitrogen functional groups attached to an aromatic ring is 1. The Morgan fingerprint density at radius 1 is 1.29 bits per heavy atom. The summed E-state index contributed by atoms with van der Waals surface area (Å²) in [5, 5.41) is 3.11. The number of anilines is 1. The first-order chi connectivity index (χ1) is 10.3. The molecule has 0 saturated carbocycles. The van der Waals surface area contributed by atoms with Crippen LogP contribution in [0.5, 0.6) is 5.75 Å². The minimum absolute atomic E-state index is 0.652. The number of nitrogens with two attached hydrogens (primary N) is 1. The average molecular weight is 297 g/mol. The molecule has 0 unspecified atom stereocenters. The number of nitrogens with zero attached hydrogens (tertiary/aromatic N) is 2. The maximum Gasteiger partial charge on any atom is 0.141 e. The average Bonchev–Trinajstić information content (AvgIpc) is 2.97. The van der Waals surface area contributed by atoms with Gasteiger partial charge in [-0.25, -0.2) is 4.98 Å². The summed E-state index contributed by atoms with van der Waals surface area (Å²) in [6.45, 7) is 0. The van der Waals surface area contributed by atoms with Gasteiger partial charge < -0.3 is 10.5 Å².